The first kappa shape index (κ1) is 29.2. The highest BCUT2D eigenvalue weighted by Crippen LogP contribution is 2.36. The van der Waals surface area contributed by atoms with Gasteiger partial charge in [-0.2, -0.15) is 0 Å². The van der Waals surface area contributed by atoms with Crippen molar-refractivity contribution in [2.45, 2.75) is 44.4 Å². The minimum absolute atomic E-state index is 0.134. The third-order valence-electron chi connectivity index (χ3n) is 7.38. The third kappa shape index (κ3) is 6.14. The molecule has 2 N–H and O–H groups in total. The van der Waals surface area contributed by atoms with Crippen molar-refractivity contribution in [3.05, 3.63) is 59.6 Å². The van der Waals surface area contributed by atoms with Crippen molar-refractivity contribution in [3.8, 4) is 11.1 Å². The topological polar surface area (TPSA) is 90.5 Å². The van der Waals surface area contributed by atoms with Gasteiger partial charge in [-0.25, -0.2) is 27.2 Å². The molecular weight excluding hydrogens is 566 g/mol. The zero-order chi connectivity index (χ0) is 29.5. The second kappa shape index (κ2) is 11.1. The van der Waals surface area contributed by atoms with E-state index >= 15 is 4.39 Å². The van der Waals surface area contributed by atoms with Gasteiger partial charge in [-0.15, -0.1) is 11.3 Å². The van der Waals surface area contributed by atoms with E-state index in [9.17, 15) is 12.8 Å². The zero-order valence-corrected chi connectivity index (χ0v) is 25.3. The van der Waals surface area contributed by atoms with E-state index in [0.717, 1.165) is 30.6 Å². The van der Waals surface area contributed by atoms with E-state index in [-0.39, 0.29) is 17.5 Å². The maximum absolute atomic E-state index is 15.1. The van der Waals surface area contributed by atoms with Gasteiger partial charge in [0.25, 0.3) is 0 Å². The van der Waals surface area contributed by atoms with Crippen molar-refractivity contribution < 1.29 is 17.2 Å². The summed E-state index contributed by atoms with van der Waals surface area (Å²) in [5.41, 5.74) is 2.89. The Hall–Kier alpha value is -3.35. The number of benzene rings is 2. The van der Waals surface area contributed by atoms with Crippen LogP contribution in [0, 0.1) is 11.6 Å². The van der Waals surface area contributed by atoms with Crippen LogP contribution in [0.15, 0.2) is 48.0 Å². The highest BCUT2D eigenvalue weighted by Gasteiger charge is 2.30. The van der Waals surface area contributed by atoms with Crippen LogP contribution in [0.2, 0.25) is 0 Å². The first-order valence-electron chi connectivity index (χ1n) is 13.4. The predicted octanol–water partition coefficient (Wildman–Crippen LogP) is 6.45. The number of fused-ring (bicyclic) bond motifs is 1. The van der Waals surface area contributed by atoms with Gasteiger partial charge in [0.05, 0.1) is 32.5 Å². The number of halogens is 2. The number of piperidine rings is 1. The van der Waals surface area contributed by atoms with E-state index in [0.29, 0.717) is 34.1 Å². The Kier molecular flexibility index (Phi) is 7.92. The quantitative estimate of drug-likeness (QED) is 0.252. The Morgan fingerprint density at radius 3 is 2.44 bits per heavy atom. The molecule has 5 rings (SSSR count). The van der Waals surface area contributed by atoms with Crippen LogP contribution in [0.25, 0.3) is 21.3 Å². The Bertz CT molecular complexity index is 1680. The Labute approximate surface area is 243 Å². The Balaban J connectivity index is 1.38. The Morgan fingerprint density at radius 2 is 1.78 bits per heavy atom. The molecule has 41 heavy (non-hydrogen) atoms. The van der Waals surface area contributed by atoms with Gasteiger partial charge in [0.15, 0.2) is 0 Å². The highest BCUT2D eigenvalue weighted by atomic mass is 32.2. The molecule has 218 valence electrons. The van der Waals surface area contributed by atoms with Crippen LogP contribution in [0.4, 0.5) is 31.8 Å². The summed E-state index contributed by atoms with van der Waals surface area (Å²) in [6, 6.07) is 9.82. The number of hydrogen-bond acceptors (Lipinski definition) is 8. The summed E-state index contributed by atoms with van der Waals surface area (Å²) in [5, 5.41) is 4.96. The van der Waals surface area contributed by atoms with Crippen molar-refractivity contribution in [2.24, 2.45) is 0 Å². The van der Waals surface area contributed by atoms with Crippen LogP contribution in [0.5, 0.6) is 0 Å². The van der Waals surface area contributed by atoms with Gasteiger partial charge in [0.2, 0.25) is 16.0 Å². The normalized spacial score (nSPS) is 15.1. The lowest BCUT2D eigenvalue weighted by molar-refractivity contribution is 0.249. The number of sulfonamides is 1. The average molecular weight is 601 g/mol. The van der Waals surface area contributed by atoms with Crippen LogP contribution >= 0.6 is 11.3 Å². The number of nitrogens with one attached hydrogen (secondary N) is 2. The molecule has 3 heterocycles. The molecule has 8 nitrogen and oxygen atoms in total. The number of thiophene rings is 1. The lowest BCUT2D eigenvalue weighted by Gasteiger charge is -2.36. The number of rotatable bonds is 7. The first-order valence-corrected chi connectivity index (χ1v) is 15.7. The molecule has 4 aromatic rings. The molecule has 0 bridgehead atoms. The third-order valence-corrected chi connectivity index (χ3v) is 10.4. The summed E-state index contributed by atoms with van der Waals surface area (Å²) in [6.07, 6.45) is 3.65. The first-order chi connectivity index (χ1) is 19.3. The molecule has 0 unspecified atom stereocenters. The largest absolute Gasteiger partial charge is 0.369 e. The molecule has 2 aromatic carbocycles. The fourth-order valence-electron chi connectivity index (χ4n) is 4.76. The van der Waals surface area contributed by atoms with Gasteiger partial charge in [0, 0.05) is 35.8 Å². The number of hydrogen-bond donors (Lipinski definition) is 2. The fourth-order valence-corrected chi connectivity index (χ4v) is 6.38. The van der Waals surface area contributed by atoms with Gasteiger partial charge in [-0.3, -0.25) is 4.72 Å². The van der Waals surface area contributed by atoms with E-state index in [2.05, 4.69) is 43.9 Å². The van der Waals surface area contributed by atoms with Crippen LogP contribution in [0.3, 0.4) is 0 Å². The molecular formula is C29H34F2N6O2S2. The van der Waals surface area contributed by atoms with Gasteiger partial charge in [-0.1, -0.05) is 6.07 Å². The van der Waals surface area contributed by atoms with Crippen molar-refractivity contribution >= 4 is 54.6 Å². The molecule has 0 amide bonds. The molecule has 0 aliphatic carbocycles. The molecule has 2 aromatic heterocycles. The summed E-state index contributed by atoms with van der Waals surface area (Å²) in [6.45, 7) is 6.24. The summed E-state index contributed by atoms with van der Waals surface area (Å²) in [4.78, 5) is 13.3. The fraction of sp³-hybridized carbons (Fsp3) is 0.379. The van der Waals surface area contributed by atoms with Crippen molar-refractivity contribution in [1.82, 2.24) is 14.9 Å². The van der Waals surface area contributed by atoms with E-state index in [1.807, 2.05) is 11.4 Å². The number of nitrogens with zero attached hydrogens (tertiary/aromatic N) is 4. The lowest BCUT2D eigenvalue weighted by Crippen LogP contribution is -2.42. The van der Waals surface area contributed by atoms with E-state index in [1.165, 1.54) is 29.5 Å². The second-order valence-corrected chi connectivity index (χ2v) is 14.8. The molecule has 1 fully saturated rings. The van der Waals surface area contributed by atoms with Crippen LogP contribution < -0.4 is 14.9 Å². The molecule has 12 heteroatoms. The van der Waals surface area contributed by atoms with Crippen LogP contribution in [0.1, 0.15) is 33.6 Å². The van der Waals surface area contributed by atoms with Crippen molar-refractivity contribution in [1.29, 1.82) is 0 Å². The number of aromatic nitrogens is 2. The smallest absolute Gasteiger partial charge is 0.237 e. The van der Waals surface area contributed by atoms with Crippen LogP contribution in [-0.2, 0) is 10.0 Å². The molecule has 0 radical (unpaired) electrons. The predicted molar refractivity (Wildman–Crippen MR) is 164 cm³/mol. The van der Waals surface area contributed by atoms with Crippen molar-refractivity contribution in [3.63, 3.8) is 0 Å². The summed E-state index contributed by atoms with van der Waals surface area (Å²) < 4.78 is 57.1. The maximum atomic E-state index is 15.1. The molecule has 1 aliphatic rings. The number of anilines is 4. The minimum Gasteiger partial charge on any atom is -0.369 e. The van der Waals surface area contributed by atoms with Gasteiger partial charge >= 0.3 is 0 Å². The second-order valence-electron chi connectivity index (χ2n) is 11.4. The van der Waals surface area contributed by atoms with Gasteiger partial charge < -0.3 is 15.1 Å². The molecule has 1 saturated heterocycles. The van der Waals surface area contributed by atoms with E-state index in [1.54, 1.807) is 39.1 Å². The summed E-state index contributed by atoms with van der Waals surface area (Å²) in [5.74, 6) is -0.704. The summed E-state index contributed by atoms with van der Waals surface area (Å²) >= 11 is 1.42. The molecule has 0 saturated carbocycles. The van der Waals surface area contributed by atoms with Gasteiger partial charge in [0.1, 0.15) is 11.6 Å². The van der Waals surface area contributed by atoms with Crippen molar-refractivity contribution in [2.75, 3.05) is 42.1 Å². The molecule has 0 atom stereocenters. The zero-order valence-electron chi connectivity index (χ0n) is 23.7. The van der Waals surface area contributed by atoms with Gasteiger partial charge in [-0.05, 0) is 83.6 Å². The van der Waals surface area contributed by atoms with Crippen LogP contribution in [-0.4, -0.2) is 61.3 Å². The monoisotopic (exact) mass is 600 g/mol. The van der Waals surface area contributed by atoms with E-state index in [4.69, 9.17) is 0 Å². The minimum atomic E-state index is -3.82. The molecule has 0 spiro atoms. The molecule has 1 aliphatic heterocycles. The average Bonchev–Trinajstić information content (AvgIpc) is 3.33. The van der Waals surface area contributed by atoms with E-state index < -0.39 is 20.6 Å². The summed E-state index contributed by atoms with van der Waals surface area (Å²) in [7, 11) is 0.335. The SMILES string of the molecule is CN(C)C1CCN(c2ccc(Nc3ncc4scc(-c5ccc(F)c(NS(=O)(=O)C(C)(C)C)c5)c4n3)cc2F)CC1. The lowest BCUT2D eigenvalue weighted by atomic mass is 10.0. The maximum Gasteiger partial charge on any atom is 0.237 e. The highest BCUT2D eigenvalue weighted by molar-refractivity contribution is 7.94. The Morgan fingerprint density at radius 1 is 1.05 bits per heavy atom. The standard InChI is InChI=1S/C29H34F2N6O2S2/c1-29(2,3)41(38,39)35-24-14-18(6-8-22(24)30)21-17-40-26-16-32-28(34-27(21)26)33-19-7-9-25(23(31)15-19)37-12-10-20(11-13-37)36(4)5/h6-9,14-17,20,35H,10-13H2,1-5H3,(H,32,33,34).